The fourth-order valence-corrected chi connectivity index (χ4v) is 9.97. The molecule has 2 nitrogen and oxygen atoms in total. The minimum Gasteiger partial charge on any atom is -0.394 e. The molecule has 0 aliphatic heterocycles. The molecule has 0 aromatic rings. The van der Waals surface area contributed by atoms with Crippen LogP contribution in [0.1, 0.15) is 52.4 Å². The molecule has 0 bridgehead atoms. The molecule has 0 aromatic heterocycles. The molecule has 4 rings (SSSR count). The monoisotopic (exact) mass is 280 g/mol. The molecule has 3 heteroatoms. The average molecular weight is 280 g/mol. The topological polar surface area (TPSA) is 18.5 Å². The highest BCUT2D eigenvalue weighted by Crippen LogP contribution is 2.71. The van der Waals surface area contributed by atoms with Crippen molar-refractivity contribution < 1.29 is 8.85 Å². The van der Waals surface area contributed by atoms with Crippen LogP contribution in [0.4, 0.5) is 0 Å². The van der Waals surface area contributed by atoms with E-state index in [2.05, 4.69) is 13.8 Å². The van der Waals surface area contributed by atoms with Crippen LogP contribution >= 0.6 is 0 Å². The van der Waals surface area contributed by atoms with Crippen LogP contribution in [0, 0.1) is 23.7 Å². The highest BCUT2D eigenvalue weighted by molar-refractivity contribution is 6.72. The van der Waals surface area contributed by atoms with Crippen molar-refractivity contribution in [3.63, 3.8) is 0 Å². The van der Waals surface area contributed by atoms with Crippen LogP contribution in [0.2, 0.25) is 11.1 Å². The van der Waals surface area contributed by atoms with Crippen LogP contribution in [0.3, 0.4) is 0 Å². The average Bonchev–Trinajstić information content (AvgIpc) is 3.26. The van der Waals surface area contributed by atoms with Gasteiger partial charge in [-0.25, -0.2) is 0 Å². The van der Waals surface area contributed by atoms with Crippen molar-refractivity contribution in [2.24, 2.45) is 23.7 Å². The summed E-state index contributed by atoms with van der Waals surface area (Å²) in [6.45, 7) is 6.08. The van der Waals surface area contributed by atoms with Gasteiger partial charge in [-0.15, -0.1) is 0 Å². The first-order valence-corrected chi connectivity index (χ1v) is 10.5. The van der Waals surface area contributed by atoms with E-state index >= 15 is 0 Å². The third kappa shape index (κ3) is 2.22. The molecule has 0 saturated heterocycles. The lowest BCUT2D eigenvalue weighted by Crippen LogP contribution is -2.45. The van der Waals surface area contributed by atoms with Gasteiger partial charge >= 0.3 is 8.56 Å². The molecule has 0 radical (unpaired) electrons. The summed E-state index contributed by atoms with van der Waals surface area (Å²) in [6.07, 6.45) is 8.82. The Morgan fingerprint density at radius 2 is 1.21 bits per heavy atom. The maximum absolute atomic E-state index is 6.45. The second-order valence-electron chi connectivity index (χ2n) is 7.27. The second kappa shape index (κ2) is 4.57. The molecular weight excluding hydrogens is 252 g/mol. The molecule has 4 unspecified atom stereocenters. The Balaban J connectivity index is 1.51. The molecule has 0 aromatic carbocycles. The van der Waals surface area contributed by atoms with E-state index in [0.717, 1.165) is 48.0 Å². The quantitative estimate of drug-likeness (QED) is 0.623. The minimum atomic E-state index is -1.90. The fourth-order valence-electron chi connectivity index (χ4n) is 4.64. The molecular formula is C16H28O2Si. The summed E-state index contributed by atoms with van der Waals surface area (Å²) in [4.78, 5) is 0. The van der Waals surface area contributed by atoms with Crippen LogP contribution < -0.4 is 0 Å². The summed E-state index contributed by atoms with van der Waals surface area (Å²) in [6, 6.07) is 0. The Hall–Kier alpha value is 0.137. The lowest BCUT2D eigenvalue weighted by molar-refractivity contribution is 0.175. The molecule has 108 valence electrons. The molecule has 0 N–H and O–H groups in total. The first kappa shape index (κ1) is 12.8. The molecule has 4 aliphatic rings. The Morgan fingerprint density at radius 3 is 1.53 bits per heavy atom. The summed E-state index contributed by atoms with van der Waals surface area (Å²) < 4.78 is 12.9. The SMILES string of the molecule is CCO[Si](OCC)(C1CC1C1CC1)C1CC1C1CC1. The minimum absolute atomic E-state index is 0.855. The van der Waals surface area contributed by atoms with Gasteiger partial charge in [0.25, 0.3) is 0 Å². The maximum atomic E-state index is 6.45. The van der Waals surface area contributed by atoms with E-state index in [0.29, 0.717) is 0 Å². The van der Waals surface area contributed by atoms with Gasteiger partial charge in [-0.05, 0) is 76.0 Å². The summed E-state index contributed by atoms with van der Waals surface area (Å²) in [5.41, 5.74) is 1.71. The third-order valence-electron chi connectivity index (χ3n) is 5.91. The van der Waals surface area contributed by atoms with E-state index in [1.54, 1.807) is 0 Å². The summed E-state index contributed by atoms with van der Waals surface area (Å²) in [5, 5.41) is 0. The first-order valence-electron chi connectivity index (χ1n) is 8.58. The number of hydrogen-bond donors (Lipinski definition) is 0. The van der Waals surface area contributed by atoms with Crippen molar-refractivity contribution in [2.45, 2.75) is 63.5 Å². The van der Waals surface area contributed by atoms with Crippen LogP contribution in [0.5, 0.6) is 0 Å². The van der Waals surface area contributed by atoms with E-state index in [1.165, 1.54) is 38.5 Å². The zero-order valence-electron chi connectivity index (χ0n) is 12.4. The standard InChI is InChI=1S/C16H28O2Si/c1-3-17-19(18-4-2,15-9-13(15)11-5-6-11)16-10-14(16)12-7-8-12/h11-16H,3-10H2,1-2H3. The second-order valence-corrected chi connectivity index (χ2v) is 10.8. The zero-order chi connectivity index (χ0) is 13.0. The zero-order valence-corrected chi connectivity index (χ0v) is 13.4. The number of rotatable bonds is 8. The highest BCUT2D eigenvalue weighted by Gasteiger charge is 2.71. The number of hydrogen-bond acceptors (Lipinski definition) is 2. The fraction of sp³-hybridized carbons (Fsp3) is 1.00. The van der Waals surface area contributed by atoms with E-state index in [-0.39, 0.29) is 0 Å². The Bertz CT molecular complexity index is 317. The van der Waals surface area contributed by atoms with Crippen LogP contribution in [-0.2, 0) is 8.85 Å². The van der Waals surface area contributed by atoms with E-state index in [4.69, 9.17) is 8.85 Å². The largest absolute Gasteiger partial charge is 0.394 e. The maximum Gasteiger partial charge on any atom is 0.345 e. The normalized spacial score (nSPS) is 41.4. The van der Waals surface area contributed by atoms with Gasteiger partial charge in [-0.1, -0.05) is 0 Å². The van der Waals surface area contributed by atoms with Crippen LogP contribution in [0.25, 0.3) is 0 Å². The van der Waals surface area contributed by atoms with Crippen LogP contribution in [-0.4, -0.2) is 21.8 Å². The van der Waals surface area contributed by atoms with Crippen molar-refractivity contribution in [3.8, 4) is 0 Å². The Morgan fingerprint density at radius 1 is 0.789 bits per heavy atom. The summed E-state index contributed by atoms with van der Waals surface area (Å²) in [5.74, 6) is 4.09. The van der Waals surface area contributed by atoms with Gasteiger partial charge in [0.2, 0.25) is 0 Å². The van der Waals surface area contributed by atoms with Gasteiger partial charge in [-0.3, -0.25) is 0 Å². The van der Waals surface area contributed by atoms with Crippen molar-refractivity contribution in [1.29, 1.82) is 0 Å². The predicted octanol–water partition coefficient (Wildman–Crippen LogP) is 4.10. The molecule has 4 atom stereocenters. The van der Waals surface area contributed by atoms with Crippen LogP contribution in [0.15, 0.2) is 0 Å². The molecule has 4 saturated carbocycles. The molecule has 19 heavy (non-hydrogen) atoms. The van der Waals surface area contributed by atoms with Gasteiger partial charge in [0, 0.05) is 24.3 Å². The van der Waals surface area contributed by atoms with Crippen molar-refractivity contribution in [3.05, 3.63) is 0 Å². The third-order valence-corrected chi connectivity index (χ3v) is 10.8. The summed E-state index contributed by atoms with van der Waals surface area (Å²) >= 11 is 0. The molecule has 0 amide bonds. The molecule has 0 spiro atoms. The van der Waals surface area contributed by atoms with Gasteiger partial charge in [0.1, 0.15) is 0 Å². The van der Waals surface area contributed by atoms with Crippen molar-refractivity contribution in [1.82, 2.24) is 0 Å². The first-order chi connectivity index (χ1) is 9.30. The van der Waals surface area contributed by atoms with E-state index in [9.17, 15) is 0 Å². The smallest absolute Gasteiger partial charge is 0.345 e. The van der Waals surface area contributed by atoms with Crippen molar-refractivity contribution >= 4 is 8.56 Å². The molecule has 4 aliphatic carbocycles. The lowest BCUT2D eigenvalue weighted by atomic mass is 10.3. The van der Waals surface area contributed by atoms with E-state index in [1.807, 2.05) is 0 Å². The lowest BCUT2D eigenvalue weighted by Gasteiger charge is -2.31. The molecule has 4 fully saturated rings. The van der Waals surface area contributed by atoms with Gasteiger partial charge in [-0.2, -0.15) is 0 Å². The van der Waals surface area contributed by atoms with Gasteiger partial charge < -0.3 is 8.85 Å². The predicted molar refractivity (Wildman–Crippen MR) is 78.2 cm³/mol. The Labute approximate surface area is 118 Å². The van der Waals surface area contributed by atoms with Gasteiger partial charge in [0.05, 0.1) is 0 Å². The van der Waals surface area contributed by atoms with Crippen molar-refractivity contribution in [2.75, 3.05) is 13.2 Å². The highest BCUT2D eigenvalue weighted by atomic mass is 28.4. The van der Waals surface area contributed by atoms with E-state index < -0.39 is 8.56 Å². The molecule has 0 heterocycles. The Kier molecular flexibility index (Phi) is 3.09. The van der Waals surface area contributed by atoms with Gasteiger partial charge in [0.15, 0.2) is 0 Å². The summed E-state index contributed by atoms with van der Waals surface area (Å²) in [7, 11) is -1.90.